The molecular weight excluding hydrogens is 172 g/mol. The van der Waals surface area contributed by atoms with Crippen LogP contribution >= 0.6 is 0 Å². The number of ether oxygens (including phenoxy) is 2. The van der Waals surface area contributed by atoms with E-state index < -0.39 is 6.10 Å². The largest absolute Gasteiger partial charge is 0.471 e. The van der Waals surface area contributed by atoms with Gasteiger partial charge in [-0.3, -0.25) is 4.79 Å². The zero-order valence-corrected chi connectivity index (χ0v) is 7.28. The van der Waals surface area contributed by atoms with Gasteiger partial charge in [0, 0.05) is 6.42 Å². The fourth-order valence-electron chi connectivity index (χ4n) is 1.64. The molecule has 72 valence electrons. The normalized spacial score (nSPS) is 29.3. The number of carbonyl (C=O) groups is 1. The van der Waals surface area contributed by atoms with Gasteiger partial charge in [-0.2, -0.15) is 0 Å². The number of ketones is 1. The molecule has 1 heterocycles. The average Bonchev–Trinajstić information content (AvgIpc) is 2.29. The SMILES string of the molecule is O=C1C2=C(CCCC1O)OCOC2. The van der Waals surface area contributed by atoms with Crippen molar-refractivity contribution in [2.45, 2.75) is 25.4 Å². The molecule has 0 aromatic rings. The first kappa shape index (κ1) is 8.72. The van der Waals surface area contributed by atoms with E-state index >= 15 is 0 Å². The fourth-order valence-corrected chi connectivity index (χ4v) is 1.64. The third kappa shape index (κ3) is 1.59. The molecule has 4 heteroatoms. The zero-order chi connectivity index (χ0) is 9.26. The summed E-state index contributed by atoms with van der Waals surface area (Å²) >= 11 is 0. The average molecular weight is 184 g/mol. The minimum Gasteiger partial charge on any atom is -0.471 e. The highest BCUT2D eigenvalue weighted by molar-refractivity contribution is 5.99. The molecule has 1 aliphatic heterocycles. The first-order valence-corrected chi connectivity index (χ1v) is 4.44. The maximum atomic E-state index is 11.5. The molecule has 13 heavy (non-hydrogen) atoms. The molecule has 2 aliphatic rings. The third-order valence-electron chi connectivity index (χ3n) is 2.38. The summed E-state index contributed by atoms with van der Waals surface area (Å²) in [4.78, 5) is 11.5. The highest BCUT2D eigenvalue weighted by atomic mass is 16.7. The van der Waals surface area contributed by atoms with E-state index in [1.54, 1.807) is 0 Å². The lowest BCUT2D eigenvalue weighted by Gasteiger charge is -2.19. The van der Waals surface area contributed by atoms with Crippen LogP contribution in [0.1, 0.15) is 19.3 Å². The second-order valence-electron chi connectivity index (χ2n) is 3.28. The Kier molecular flexibility index (Phi) is 2.33. The Morgan fingerprint density at radius 2 is 2.31 bits per heavy atom. The minimum absolute atomic E-state index is 0.224. The van der Waals surface area contributed by atoms with Crippen LogP contribution in [0.25, 0.3) is 0 Å². The predicted octanol–water partition coefficient (Wildman–Crippen LogP) is 0.359. The van der Waals surface area contributed by atoms with Gasteiger partial charge in [0.25, 0.3) is 0 Å². The van der Waals surface area contributed by atoms with Crippen LogP contribution in [0.3, 0.4) is 0 Å². The van der Waals surface area contributed by atoms with Crippen molar-refractivity contribution in [2.24, 2.45) is 0 Å². The number of aliphatic hydroxyl groups excluding tert-OH is 1. The van der Waals surface area contributed by atoms with E-state index in [9.17, 15) is 9.90 Å². The second kappa shape index (κ2) is 3.47. The second-order valence-corrected chi connectivity index (χ2v) is 3.28. The van der Waals surface area contributed by atoms with Crippen molar-refractivity contribution in [1.82, 2.24) is 0 Å². The molecule has 1 N–H and O–H groups in total. The molecule has 0 radical (unpaired) electrons. The van der Waals surface area contributed by atoms with Crippen molar-refractivity contribution in [3.63, 3.8) is 0 Å². The standard InChI is InChI=1S/C9H12O4/c10-7-2-1-3-8-6(9(7)11)4-12-5-13-8/h7,10H,1-5H2. The van der Waals surface area contributed by atoms with Gasteiger partial charge in [0.15, 0.2) is 12.6 Å². The molecule has 2 rings (SSSR count). The maximum Gasteiger partial charge on any atom is 0.192 e. The van der Waals surface area contributed by atoms with Crippen LogP contribution in [-0.2, 0) is 14.3 Å². The molecule has 0 bridgehead atoms. The highest BCUT2D eigenvalue weighted by Crippen LogP contribution is 2.25. The van der Waals surface area contributed by atoms with Crippen molar-refractivity contribution in [1.29, 1.82) is 0 Å². The minimum atomic E-state index is -0.863. The lowest BCUT2D eigenvalue weighted by Crippen LogP contribution is -2.26. The molecule has 0 spiro atoms. The van der Waals surface area contributed by atoms with Crippen LogP contribution in [0.5, 0.6) is 0 Å². The van der Waals surface area contributed by atoms with E-state index in [1.807, 2.05) is 0 Å². The summed E-state index contributed by atoms with van der Waals surface area (Å²) in [5.41, 5.74) is 0.524. The van der Waals surface area contributed by atoms with Gasteiger partial charge in [-0.15, -0.1) is 0 Å². The summed E-state index contributed by atoms with van der Waals surface area (Å²) in [6.07, 6.45) is 1.19. The van der Waals surface area contributed by atoms with E-state index in [2.05, 4.69) is 0 Å². The summed E-state index contributed by atoms with van der Waals surface area (Å²) in [7, 11) is 0. The van der Waals surface area contributed by atoms with Crippen molar-refractivity contribution in [3.05, 3.63) is 11.3 Å². The number of hydrogen-bond donors (Lipinski definition) is 1. The molecule has 4 nitrogen and oxygen atoms in total. The molecule has 0 saturated heterocycles. The topological polar surface area (TPSA) is 55.8 Å². The summed E-state index contributed by atoms with van der Waals surface area (Å²) in [6, 6.07) is 0. The monoisotopic (exact) mass is 184 g/mol. The smallest absolute Gasteiger partial charge is 0.192 e. The van der Waals surface area contributed by atoms with E-state index in [0.29, 0.717) is 17.8 Å². The lowest BCUT2D eigenvalue weighted by molar-refractivity contribution is -0.126. The van der Waals surface area contributed by atoms with E-state index in [0.717, 1.165) is 12.8 Å². The van der Waals surface area contributed by atoms with Gasteiger partial charge in [0.1, 0.15) is 11.9 Å². The van der Waals surface area contributed by atoms with Crippen molar-refractivity contribution in [3.8, 4) is 0 Å². The molecule has 0 saturated carbocycles. The summed E-state index contributed by atoms with van der Waals surface area (Å²) < 4.78 is 10.2. The van der Waals surface area contributed by atoms with E-state index in [4.69, 9.17) is 9.47 Å². The maximum absolute atomic E-state index is 11.5. The Morgan fingerprint density at radius 3 is 3.15 bits per heavy atom. The van der Waals surface area contributed by atoms with Gasteiger partial charge in [0.2, 0.25) is 0 Å². The fraction of sp³-hybridized carbons (Fsp3) is 0.667. The Labute approximate surface area is 76.1 Å². The summed E-state index contributed by atoms with van der Waals surface area (Å²) in [5.74, 6) is 0.486. The molecule has 1 atom stereocenters. The van der Waals surface area contributed by atoms with Crippen molar-refractivity contribution < 1.29 is 19.4 Å². The Hall–Kier alpha value is -0.870. The van der Waals surface area contributed by atoms with Gasteiger partial charge >= 0.3 is 0 Å². The molecule has 1 aliphatic carbocycles. The van der Waals surface area contributed by atoms with Crippen LogP contribution in [0.2, 0.25) is 0 Å². The number of carbonyl (C=O) groups excluding carboxylic acids is 1. The highest BCUT2D eigenvalue weighted by Gasteiger charge is 2.28. The Morgan fingerprint density at radius 1 is 1.46 bits per heavy atom. The first-order valence-electron chi connectivity index (χ1n) is 4.44. The van der Waals surface area contributed by atoms with Crippen LogP contribution in [0.15, 0.2) is 11.3 Å². The summed E-state index contributed by atoms with van der Waals surface area (Å²) in [5, 5.41) is 9.40. The van der Waals surface area contributed by atoms with Crippen LogP contribution in [0.4, 0.5) is 0 Å². The van der Waals surface area contributed by atoms with Crippen molar-refractivity contribution >= 4 is 5.78 Å². The third-order valence-corrected chi connectivity index (χ3v) is 2.38. The van der Waals surface area contributed by atoms with E-state index in [-0.39, 0.29) is 19.2 Å². The number of allylic oxidation sites excluding steroid dienone is 1. The Balaban J connectivity index is 2.27. The molecule has 0 aromatic carbocycles. The van der Waals surface area contributed by atoms with Crippen LogP contribution in [0, 0.1) is 0 Å². The lowest BCUT2D eigenvalue weighted by atomic mass is 10.1. The van der Waals surface area contributed by atoms with Crippen LogP contribution in [-0.4, -0.2) is 30.4 Å². The van der Waals surface area contributed by atoms with Crippen LogP contribution < -0.4 is 0 Å². The number of Topliss-reactive ketones (excluding diaryl/α,β-unsaturated/α-hetero) is 1. The number of rotatable bonds is 0. The quantitative estimate of drug-likeness (QED) is 0.590. The summed E-state index contributed by atoms with van der Waals surface area (Å²) in [6.45, 7) is 0.507. The zero-order valence-electron chi connectivity index (χ0n) is 7.28. The first-order chi connectivity index (χ1) is 6.29. The van der Waals surface area contributed by atoms with Gasteiger partial charge < -0.3 is 14.6 Å². The van der Waals surface area contributed by atoms with Gasteiger partial charge in [-0.05, 0) is 12.8 Å². The van der Waals surface area contributed by atoms with Gasteiger partial charge in [-0.1, -0.05) is 0 Å². The van der Waals surface area contributed by atoms with Gasteiger partial charge in [-0.25, -0.2) is 0 Å². The molecule has 0 fully saturated rings. The molecule has 0 aromatic heterocycles. The molecule has 1 unspecified atom stereocenters. The number of aliphatic hydroxyl groups is 1. The van der Waals surface area contributed by atoms with Crippen molar-refractivity contribution in [2.75, 3.05) is 13.4 Å². The molecular formula is C9H12O4. The predicted molar refractivity (Wildman–Crippen MR) is 43.8 cm³/mol. The van der Waals surface area contributed by atoms with E-state index in [1.165, 1.54) is 0 Å². The molecule has 0 amide bonds. The number of hydrogen-bond acceptors (Lipinski definition) is 4. The van der Waals surface area contributed by atoms with Gasteiger partial charge in [0.05, 0.1) is 12.2 Å². The Bertz CT molecular complexity index is 256.